The Kier molecular flexibility index (Phi) is 2.18. The highest BCUT2D eigenvalue weighted by atomic mass is 16.1. The van der Waals surface area contributed by atoms with E-state index < -0.39 is 0 Å². The molecule has 68 valence electrons. The van der Waals surface area contributed by atoms with Gasteiger partial charge in [-0.05, 0) is 32.7 Å². The lowest BCUT2D eigenvalue weighted by molar-refractivity contribution is -0.117. The van der Waals surface area contributed by atoms with Gasteiger partial charge < -0.3 is 0 Å². The molecule has 1 heterocycles. The van der Waals surface area contributed by atoms with E-state index >= 15 is 0 Å². The molecule has 1 aliphatic heterocycles. The summed E-state index contributed by atoms with van der Waals surface area (Å²) < 4.78 is 0. The third-order valence-corrected chi connectivity index (χ3v) is 3.29. The normalized spacial score (nSPS) is 37.9. The van der Waals surface area contributed by atoms with Gasteiger partial charge >= 0.3 is 0 Å². The molecule has 1 saturated heterocycles. The number of rotatable bonds is 1. The Labute approximate surface area is 73.9 Å². The lowest BCUT2D eigenvalue weighted by Crippen LogP contribution is -2.35. The largest absolute Gasteiger partial charge is 0.300 e. The van der Waals surface area contributed by atoms with E-state index in [1.54, 1.807) is 0 Å². The van der Waals surface area contributed by atoms with Crippen molar-refractivity contribution in [2.24, 2.45) is 0 Å². The van der Waals surface area contributed by atoms with Crippen LogP contribution in [0.5, 0.6) is 0 Å². The molecule has 0 N–H and O–H groups in total. The zero-order chi connectivity index (χ0) is 8.55. The maximum Gasteiger partial charge on any atom is 0.134 e. The second kappa shape index (κ2) is 3.17. The van der Waals surface area contributed by atoms with Crippen LogP contribution in [0.4, 0.5) is 0 Å². The fourth-order valence-corrected chi connectivity index (χ4v) is 2.58. The van der Waals surface area contributed by atoms with Crippen LogP contribution in [0, 0.1) is 0 Å². The molecule has 1 saturated carbocycles. The van der Waals surface area contributed by atoms with Crippen LogP contribution < -0.4 is 0 Å². The number of nitrogens with zero attached hydrogens (tertiary/aromatic N) is 1. The summed E-state index contributed by atoms with van der Waals surface area (Å²) in [6.07, 6.45) is 5.41. The van der Waals surface area contributed by atoms with E-state index in [2.05, 4.69) is 11.8 Å². The number of hydrogen-bond donors (Lipinski definition) is 0. The first-order chi connectivity index (χ1) is 5.77. The molecule has 0 radical (unpaired) electrons. The quantitative estimate of drug-likeness (QED) is 0.591. The summed E-state index contributed by atoms with van der Waals surface area (Å²) in [5.41, 5.74) is 0. The number of carbonyl (C=O) groups excluding carboxylic acids is 1. The molecule has 2 nitrogen and oxygen atoms in total. The zero-order valence-corrected chi connectivity index (χ0v) is 7.75. The fraction of sp³-hybridized carbons (Fsp3) is 0.900. The third-order valence-electron chi connectivity index (χ3n) is 3.29. The average Bonchev–Trinajstić information content (AvgIpc) is 2.58. The molecular weight excluding hydrogens is 150 g/mol. The van der Waals surface area contributed by atoms with Crippen LogP contribution in [-0.4, -0.2) is 29.3 Å². The minimum atomic E-state index is 0.471. The molecule has 12 heavy (non-hydrogen) atoms. The molecule has 0 aromatic rings. The standard InChI is InChI=1S/C10H17NO/c1-8-3-2-6-11(8)9-4-5-10(12)7-9/h8-9H,2-7H2,1H3. The van der Waals surface area contributed by atoms with Crippen LogP contribution in [0.1, 0.15) is 39.0 Å². The molecule has 0 aromatic heterocycles. The molecule has 0 spiro atoms. The molecule has 2 fully saturated rings. The number of hydrogen-bond acceptors (Lipinski definition) is 2. The van der Waals surface area contributed by atoms with E-state index in [1.165, 1.54) is 19.4 Å². The van der Waals surface area contributed by atoms with Gasteiger partial charge in [0.05, 0.1) is 0 Å². The van der Waals surface area contributed by atoms with E-state index in [1.807, 2.05) is 0 Å². The van der Waals surface area contributed by atoms with Crippen LogP contribution >= 0.6 is 0 Å². The first kappa shape index (κ1) is 8.24. The summed E-state index contributed by atoms with van der Waals surface area (Å²) in [6, 6.07) is 1.32. The summed E-state index contributed by atoms with van der Waals surface area (Å²) in [7, 11) is 0. The lowest BCUT2D eigenvalue weighted by atomic mass is 10.2. The van der Waals surface area contributed by atoms with Crippen LogP contribution in [0.15, 0.2) is 0 Å². The van der Waals surface area contributed by atoms with Gasteiger partial charge in [0.1, 0.15) is 5.78 Å². The summed E-state index contributed by atoms with van der Waals surface area (Å²) in [4.78, 5) is 13.6. The highest BCUT2D eigenvalue weighted by Gasteiger charge is 2.32. The number of likely N-dealkylation sites (tertiary alicyclic amines) is 1. The number of Topliss-reactive ketones (excluding diaryl/α,β-unsaturated/α-hetero) is 1. The molecule has 2 rings (SSSR count). The van der Waals surface area contributed by atoms with Crippen molar-refractivity contribution in [2.75, 3.05) is 6.54 Å². The topological polar surface area (TPSA) is 20.3 Å². The first-order valence-corrected chi connectivity index (χ1v) is 5.05. The first-order valence-electron chi connectivity index (χ1n) is 5.05. The van der Waals surface area contributed by atoms with E-state index in [4.69, 9.17) is 0 Å². The molecular formula is C10H17NO. The van der Waals surface area contributed by atoms with Gasteiger partial charge in [-0.3, -0.25) is 9.69 Å². The van der Waals surface area contributed by atoms with Crippen molar-refractivity contribution >= 4 is 5.78 Å². The van der Waals surface area contributed by atoms with Crippen molar-refractivity contribution in [1.82, 2.24) is 4.90 Å². The summed E-state index contributed by atoms with van der Waals surface area (Å²) in [5.74, 6) is 0.471. The Morgan fingerprint density at radius 1 is 1.42 bits per heavy atom. The predicted octanol–water partition coefficient (Wildman–Crippen LogP) is 1.59. The van der Waals surface area contributed by atoms with Crippen molar-refractivity contribution in [3.05, 3.63) is 0 Å². The Morgan fingerprint density at radius 3 is 2.75 bits per heavy atom. The van der Waals surface area contributed by atoms with Crippen LogP contribution in [0.3, 0.4) is 0 Å². The lowest BCUT2D eigenvalue weighted by Gasteiger charge is -2.27. The van der Waals surface area contributed by atoms with Crippen LogP contribution in [0.2, 0.25) is 0 Å². The Bertz CT molecular complexity index is 190. The molecule has 2 heteroatoms. The van der Waals surface area contributed by atoms with Gasteiger partial charge in [-0.25, -0.2) is 0 Å². The van der Waals surface area contributed by atoms with E-state index in [9.17, 15) is 4.79 Å². The minimum absolute atomic E-state index is 0.471. The molecule has 2 aliphatic rings. The highest BCUT2D eigenvalue weighted by molar-refractivity contribution is 5.81. The van der Waals surface area contributed by atoms with Crippen molar-refractivity contribution in [1.29, 1.82) is 0 Å². The van der Waals surface area contributed by atoms with Crippen LogP contribution in [0.25, 0.3) is 0 Å². The molecule has 2 unspecified atom stereocenters. The van der Waals surface area contributed by atoms with Gasteiger partial charge in [-0.15, -0.1) is 0 Å². The second-order valence-electron chi connectivity index (χ2n) is 4.16. The van der Waals surface area contributed by atoms with Gasteiger partial charge in [0.2, 0.25) is 0 Å². The molecule has 0 bridgehead atoms. The van der Waals surface area contributed by atoms with Gasteiger partial charge in [-0.1, -0.05) is 0 Å². The Hall–Kier alpha value is -0.370. The van der Waals surface area contributed by atoms with Crippen molar-refractivity contribution < 1.29 is 4.79 Å². The molecule has 1 aliphatic carbocycles. The fourth-order valence-electron chi connectivity index (χ4n) is 2.58. The van der Waals surface area contributed by atoms with E-state index in [0.29, 0.717) is 11.8 Å². The number of carbonyl (C=O) groups is 1. The van der Waals surface area contributed by atoms with Gasteiger partial charge in [0.25, 0.3) is 0 Å². The van der Waals surface area contributed by atoms with Gasteiger partial charge in [-0.2, -0.15) is 0 Å². The van der Waals surface area contributed by atoms with Crippen molar-refractivity contribution in [3.8, 4) is 0 Å². The summed E-state index contributed by atoms with van der Waals surface area (Å²) in [5, 5.41) is 0. The molecule has 2 atom stereocenters. The van der Waals surface area contributed by atoms with Crippen molar-refractivity contribution in [2.45, 2.75) is 51.1 Å². The minimum Gasteiger partial charge on any atom is -0.300 e. The predicted molar refractivity (Wildman–Crippen MR) is 48.0 cm³/mol. The number of ketones is 1. The SMILES string of the molecule is CC1CCCN1C1CCC(=O)C1. The maximum atomic E-state index is 11.1. The average molecular weight is 167 g/mol. The Morgan fingerprint density at radius 2 is 2.25 bits per heavy atom. The summed E-state index contributed by atoms with van der Waals surface area (Å²) >= 11 is 0. The Balaban J connectivity index is 1.95. The van der Waals surface area contributed by atoms with Gasteiger partial charge in [0.15, 0.2) is 0 Å². The molecule has 0 aromatic carbocycles. The van der Waals surface area contributed by atoms with E-state index in [0.717, 1.165) is 25.3 Å². The second-order valence-corrected chi connectivity index (χ2v) is 4.16. The monoisotopic (exact) mass is 167 g/mol. The zero-order valence-electron chi connectivity index (χ0n) is 7.75. The highest BCUT2D eigenvalue weighted by Crippen LogP contribution is 2.27. The third kappa shape index (κ3) is 1.40. The molecule has 0 amide bonds. The van der Waals surface area contributed by atoms with Crippen LogP contribution in [-0.2, 0) is 4.79 Å². The summed E-state index contributed by atoms with van der Waals surface area (Å²) in [6.45, 7) is 3.51. The smallest absolute Gasteiger partial charge is 0.134 e. The maximum absolute atomic E-state index is 11.1. The van der Waals surface area contributed by atoms with Gasteiger partial charge in [0, 0.05) is 24.9 Å². The van der Waals surface area contributed by atoms with Crippen molar-refractivity contribution in [3.63, 3.8) is 0 Å². The van der Waals surface area contributed by atoms with E-state index in [-0.39, 0.29) is 0 Å².